The monoisotopic (exact) mass is 448 g/mol. The molecule has 0 saturated carbocycles. The van der Waals surface area contributed by atoms with Crippen molar-refractivity contribution in [2.45, 2.75) is 31.1 Å². The predicted molar refractivity (Wildman–Crippen MR) is 121 cm³/mol. The van der Waals surface area contributed by atoms with Gasteiger partial charge in [-0.15, -0.1) is 11.3 Å². The average Bonchev–Trinajstić information content (AvgIpc) is 3.30. The van der Waals surface area contributed by atoms with Crippen LogP contribution in [-0.4, -0.2) is 36.4 Å². The lowest BCUT2D eigenvalue weighted by Crippen LogP contribution is -2.54. The van der Waals surface area contributed by atoms with E-state index in [2.05, 4.69) is 15.8 Å². The highest BCUT2D eigenvalue weighted by Gasteiger charge is 2.46. The summed E-state index contributed by atoms with van der Waals surface area (Å²) in [5, 5.41) is 0.559. The Kier molecular flexibility index (Phi) is 4.64. The third-order valence-electron chi connectivity index (χ3n) is 5.34. The van der Waals surface area contributed by atoms with Gasteiger partial charge in [-0.1, -0.05) is 11.6 Å². The summed E-state index contributed by atoms with van der Waals surface area (Å²) in [7, 11) is -2.51. The van der Waals surface area contributed by atoms with Gasteiger partial charge in [-0.2, -0.15) is 0 Å². The first kappa shape index (κ1) is 20.1. The Balaban J connectivity index is 1.78. The van der Waals surface area contributed by atoms with E-state index in [1.807, 2.05) is 32.9 Å². The molecule has 0 amide bonds. The molecule has 0 spiro atoms. The predicted octanol–water partition coefficient (Wildman–Crippen LogP) is 4.20. The zero-order valence-electron chi connectivity index (χ0n) is 16.3. The number of aliphatic imine (C=N–C) groups is 1. The van der Waals surface area contributed by atoms with Gasteiger partial charge in [-0.25, -0.2) is 4.98 Å². The Bertz CT molecular complexity index is 1210. The van der Waals surface area contributed by atoms with Crippen molar-refractivity contribution < 1.29 is 8.63 Å². The number of hydrogen-bond acceptors (Lipinski definition) is 7. The molecule has 0 aliphatic carbocycles. The minimum atomic E-state index is -2.51. The van der Waals surface area contributed by atoms with Crippen molar-refractivity contribution in [3.63, 3.8) is 0 Å². The maximum Gasteiger partial charge on any atom is 0.181 e. The number of thiophene rings is 1. The van der Waals surface area contributed by atoms with Crippen LogP contribution in [0.25, 0.3) is 21.8 Å². The number of nitrogens with two attached hydrogens (primary N) is 1. The second-order valence-corrected chi connectivity index (χ2v) is 12.2. The Morgan fingerprint density at radius 3 is 2.59 bits per heavy atom. The van der Waals surface area contributed by atoms with Crippen molar-refractivity contribution in [1.29, 1.82) is 0 Å². The fraction of sp³-hybridized carbons (Fsp3) is 0.300. The lowest BCUT2D eigenvalue weighted by atomic mass is 10.0. The van der Waals surface area contributed by atoms with E-state index in [1.165, 1.54) is 17.7 Å². The van der Waals surface area contributed by atoms with Crippen LogP contribution in [0.5, 0.6) is 0 Å². The molecule has 9 heteroatoms. The van der Waals surface area contributed by atoms with Gasteiger partial charge in [0.25, 0.3) is 0 Å². The number of oxazole rings is 1. The SMILES string of the molecule is C=S1(=O)C[C@@](C)(c2sc(-c3cncc(-c4cnco4)c3)cc2Cl)N=C(N)C1(C)C. The number of halogens is 1. The topological polar surface area (TPSA) is 94.4 Å². The van der Waals surface area contributed by atoms with Crippen molar-refractivity contribution >= 4 is 44.2 Å². The van der Waals surface area contributed by atoms with Crippen LogP contribution in [0.4, 0.5) is 0 Å². The minimum Gasteiger partial charge on any atom is -0.443 e. The molecule has 0 radical (unpaired) electrons. The molecule has 1 unspecified atom stereocenters. The van der Waals surface area contributed by atoms with Gasteiger partial charge in [0, 0.05) is 34.2 Å². The lowest BCUT2D eigenvalue weighted by molar-refractivity contribution is 0.543. The summed E-state index contributed by atoms with van der Waals surface area (Å²) in [5.74, 6) is 5.25. The Morgan fingerprint density at radius 1 is 1.21 bits per heavy atom. The van der Waals surface area contributed by atoms with Gasteiger partial charge in [0.1, 0.15) is 11.4 Å². The fourth-order valence-electron chi connectivity index (χ4n) is 3.32. The molecule has 0 fully saturated rings. The smallest absolute Gasteiger partial charge is 0.181 e. The van der Waals surface area contributed by atoms with E-state index in [0.29, 0.717) is 16.6 Å². The Hall–Kier alpha value is -2.16. The van der Waals surface area contributed by atoms with Crippen molar-refractivity contribution in [2.75, 3.05) is 5.75 Å². The van der Waals surface area contributed by atoms with Crippen LogP contribution in [-0.2, 0) is 15.1 Å². The summed E-state index contributed by atoms with van der Waals surface area (Å²) in [6.07, 6.45) is 6.50. The van der Waals surface area contributed by atoms with Crippen LogP contribution in [0.15, 0.2) is 46.5 Å². The van der Waals surface area contributed by atoms with Crippen molar-refractivity contribution in [1.82, 2.24) is 9.97 Å². The largest absolute Gasteiger partial charge is 0.443 e. The van der Waals surface area contributed by atoms with Gasteiger partial charge >= 0.3 is 0 Å². The number of amidine groups is 1. The molecule has 1 aliphatic heterocycles. The highest BCUT2D eigenvalue weighted by molar-refractivity contribution is 8.02. The molecule has 4 heterocycles. The van der Waals surface area contributed by atoms with Gasteiger partial charge in [0.2, 0.25) is 0 Å². The molecule has 6 nitrogen and oxygen atoms in total. The highest BCUT2D eigenvalue weighted by Crippen LogP contribution is 2.45. The first-order chi connectivity index (χ1) is 13.5. The molecule has 29 heavy (non-hydrogen) atoms. The maximum atomic E-state index is 13.3. The van der Waals surface area contributed by atoms with Crippen molar-refractivity contribution in [3.05, 3.63) is 47.0 Å². The maximum absolute atomic E-state index is 13.3. The molecule has 2 atom stereocenters. The molecule has 2 N–H and O–H groups in total. The molecule has 0 saturated heterocycles. The number of nitrogens with zero attached hydrogens (tertiary/aromatic N) is 3. The lowest BCUT2D eigenvalue weighted by Gasteiger charge is -2.40. The summed E-state index contributed by atoms with van der Waals surface area (Å²) >= 11 is 8.10. The standard InChI is InChI=1S/C20H21ClN4O2S2/c1-19(2)18(22)25-20(3,10-29(19,4)26)17-14(21)6-16(28-17)13-5-12(7-23-8-13)15-9-24-11-27-15/h5-9,11H,4,10H2,1-3H3,(H2,22,25)/t20-,29?/m0/s1. The van der Waals surface area contributed by atoms with Crippen LogP contribution >= 0.6 is 22.9 Å². The molecule has 3 aromatic rings. The quantitative estimate of drug-likeness (QED) is 0.606. The van der Waals surface area contributed by atoms with Crippen LogP contribution < -0.4 is 5.73 Å². The number of aromatic nitrogens is 2. The number of rotatable bonds is 3. The molecule has 4 rings (SSSR count). The summed E-state index contributed by atoms with van der Waals surface area (Å²) < 4.78 is 17.9. The molecule has 0 aromatic carbocycles. The van der Waals surface area contributed by atoms with E-state index in [-0.39, 0.29) is 5.75 Å². The molecule has 0 bridgehead atoms. The van der Waals surface area contributed by atoms with E-state index >= 15 is 0 Å². The van der Waals surface area contributed by atoms with E-state index in [1.54, 1.807) is 18.6 Å². The van der Waals surface area contributed by atoms with Crippen LogP contribution in [0, 0.1) is 0 Å². The molecule has 152 valence electrons. The van der Waals surface area contributed by atoms with Crippen molar-refractivity contribution in [3.8, 4) is 21.8 Å². The van der Waals surface area contributed by atoms with Crippen LogP contribution in [0.3, 0.4) is 0 Å². The molecular formula is C20H21ClN4O2S2. The van der Waals surface area contributed by atoms with E-state index in [4.69, 9.17) is 26.7 Å². The normalized spacial score (nSPS) is 26.3. The van der Waals surface area contributed by atoms with E-state index < -0.39 is 19.8 Å². The summed E-state index contributed by atoms with van der Waals surface area (Å²) in [6.45, 7) is 5.55. The average molecular weight is 449 g/mol. The third-order valence-corrected chi connectivity index (χ3v) is 10.3. The summed E-state index contributed by atoms with van der Waals surface area (Å²) in [6, 6.07) is 3.85. The van der Waals surface area contributed by atoms with Gasteiger partial charge in [0.15, 0.2) is 12.2 Å². The number of pyridine rings is 1. The first-order valence-corrected chi connectivity index (χ1v) is 12.0. The Morgan fingerprint density at radius 2 is 1.93 bits per heavy atom. The van der Waals surface area contributed by atoms with Gasteiger partial charge < -0.3 is 10.2 Å². The fourth-order valence-corrected chi connectivity index (χ4v) is 6.93. The molecule has 3 aromatic heterocycles. The van der Waals surface area contributed by atoms with Gasteiger partial charge in [-0.05, 0) is 48.3 Å². The zero-order chi connectivity index (χ0) is 21.0. The second-order valence-electron chi connectivity index (χ2n) is 7.85. The summed E-state index contributed by atoms with van der Waals surface area (Å²) in [5.41, 5.74) is 7.12. The Labute approximate surface area is 178 Å². The summed E-state index contributed by atoms with van der Waals surface area (Å²) in [4.78, 5) is 14.7. The van der Waals surface area contributed by atoms with E-state index in [0.717, 1.165) is 20.9 Å². The molecule has 1 aliphatic rings. The number of hydrogen-bond donors (Lipinski definition) is 1. The second kappa shape index (κ2) is 6.68. The molecular weight excluding hydrogens is 428 g/mol. The van der Waals surface area contributed by atoms with Crippen molar-refractivity contribution in [2.24, 2.45) is 10.7 Å². The minimum absolute atomic E-state index is 0.281. The highest BCUT2D eigenvalue weighted by atomic mass is 35.5. The van der Waals surface area contributed by atoms with Gasteiger partial charge in [0.05, 0.1) is 20.8 Å². The first-order valence-electron chi connectivity index (χ1n) is 8.88. The van der Waals surface area contributed by atoms with Crippen LogP contribution in [0.2, 0.25) is 5.02 Å². The van der Waals surface area contributed by atoms with Crippen LogP contribution in [0.1, 0.15) is 25.6 Å². The van der Waals surface area contributed by atoms with E-state index in [9.17, 15) is 4.21 Å². The third kappa shape index (κ3) is 3.29. The van der Waals surface area contributed by atoms with Gasteiger partial charge in [-0.3, -0.25) is 14.2 Å². The zero-order valence-corrected chi connectivity index (χ0v) is 18.7.